The van der Waals surface area contributed by atoms with Gasteiger partial charge < -0.3 is 4.90 Å². The van der Waals surface area contributed by atoms with E-state index in [2.05, 4.69) is 38.5 Å². The van der Waals surface area contributed by atoms with Gasteiger partial charge >= 0.3 is 0 Å². The summed E-state index contributed by atoms with van der Waals surface area (Å²) in [6, 6.07) is 1.21. The van der Waals surface area contributed by atoms with Gasteiger partial charge in [-0.15, -0.1) is 5.10 Å². The topological polar surface area (TPSA) is 40.1 Å². The first-order chi connectivity index (χ1) is 8.70. The van der Waals surface area contributed by atoms with E-state index >= 15 is 0 Å². The predicted molar refractivity (Wildman–Crippen MR) is 74.6 cm³/mol. The van der Waals surface area contributed by atoms with Crippen LogP contribution < -0.4 is 4.90 Å². The maximum absolute atomic E-state index is 5.35. The summed E-state index contributed by atoms with van der Waals surface area (Å²) < 4.78 is 2.99. The maximum atomic E-state index is 5.35. The fraction of sp³-hybridized carbons (Fsp3) is 0.833. The Bertz CT molecular complexity index is 475. The Hall–Kier alpha value is -0.880. The molecule has 2 aliphatic rings. The van der Waals surface area contributed by atoms with Crippen molar-refractivity contribution in [3.8, 4) is 0 Å². The Labute approximate surface area is 113 Å². The van der Waals surface area contributed by atoms with Gasteiger partial charge in [-0.25, -0.2) is 5.10 Å². The van der Waals surface area contributed by atoms with Gasteiger partial charge in [0, 0.05) is 31.7 Å². The molecule has 1 saturated heterocycles. The van der Waals surface area contributed by atoms with E-state index in [-0.39, 0.29) is 0 Å². The van der Waals surface area contributed by atoms with Crippen LogP contribution in [0.25, 0.3) is 0 Å². The van der Waals surface area contributed by atoms with Crippen LogP contribution in [-0.4, -0.2) is 52.4 Å². The predicted octanol–water partition coefficient (Wildman–Crippen LogP) is 1.81. The highest BCUT2D eigenvalue weighted by Crippen LogP contribution is 2.38. The number of rotatable bonds is 3. The van der Waals surface area contributed by atoms with E-state index in [9.17, 15) is 0 Å². The number of hydrogen-bond donors (Lipinski definition) is 1. The molecule has 1 N–H and O–H groups in total. The van der Waals surface area contributed by atoms with Crippen LogP contribution in [0, 0.1) is 4.77 Å². The van der Waals surface area contributed by atoms with Gasteiger partial charge in [0.2, 0.25) is 5.95 Å². The van der Waals surface area contributed by atoms with E-state index in [4.69, 9.17) is 12.2 Å². The molecule has 0 amide bonds. The molecule has 1 unspecified atom stereocenters. The highest BCUT2D eigenvalue weighted by Gasteiger charge is 2.31. The number of H-pyrrole nitrogens is 1. The molecule has 5 nitrogen and oxygen atoms in total. The third kappa shape index (κ3) is 2.07. The van der Waals surface area contributed by atoms with Crippen molar-refractivity contribution < 1.29 is 0 Å². The molecule has 0 bridgehead atoms. The molecular formula is C12H21N5S. The average Bonchev–Trinajstić information content (AvgIpc) is 3.13. The van der Waals surface area contributed by atoms with Gasteiger partial charge in [-0.05, 0) is 38.5 Å². The highest BCUT2D eigenvalue weighted by atomic mass is 32.1. The second-order valence-electron chi connectivity index (χ2n) is 5.42. The molecule has 0 radical (unpaired) electrons. The van der Waals surface area contributed by atoms with E-state index < -0.39 is 0 Å². The van der Waals surface area contributed by atoms with Crippen LogP contribution in [0.2, 0.25) is 0 Å². The van der Waals surface area contributed by atoms with Crippen molar-refractivity contribution in [3.05, 3.63) is 4.77 Å². The van der Waals surface area contributed by atoms with E-state index in [0.29, 0.717) is 12.1 Å². The lowest BCUT2D eigenvalue weighted by Gasteiger charge is -2.39. The number of aromatic amines is 1. The standard InChI is InChI=1S/C12H21N5S/c1-3-9-8-16(7-6-15(9)2)11-13-14-12(18)17(11)10-4-5-10/h9-10H,3-8H2,1-2H3,(H,14,18). The van der Waals surface area contributed by atoms with E-state index in [1.54, 1.807) is 0 Å². The van der Waals surface area contributed by atoms with Gasteiger partial charge in [0.25, 0.3) is 0 Å². The molecule has 2 heterocycles. The molecule has 100 valence electrons. The van der Waals surface area contributed by atoms with E-state index in [1.165, 1.54) is 19.3 Å². The number of hydrogen-bond acceptors (Lipinski definition) is 4. The van der Waals surface area contributed by atoms with Gasteiger partial charge in [0.15, 0.2) is 4.77 Å². The Kier molecular flexibility index (Phi) is 3.15. The minimum absolute atomic E-state index is 0.589. The van der Waals surface area contributed by atoms with Gasteiger partial charge in [-0.1, -0.05) is 6.92 Å². The Morgan fingerprint density at radius 1 is 1.39 bits per heavy atom. The summed E-state index contributed by atoms with van der Waals surface area (Å²) in [6.45, 7) is 5.45. The largest absolute Gasteiger partial charge is 0.338 e. The van der Waals surface area contributed by atoms with Gasteiger partial charge in [-0.2, -0.15) is 0 Å². The quantitative estimate of drug-likeness (QED) is 0.848. The number of nitrogens with zero attached hydrogens (tertiary/aromatic N) is 4. The van der Waals surface area contributed by atoms with Crippen LogP contribution in [0.4, 0.5) is 5.95 Å². The van der Waals surface area contributed by atoms with Crippen LogP contribution in [0.5, 0.6) is 0 Å². The molecule has 1 aliphatic carbocycles. The summed E-state index contributed by atoms with van der Waals surface area (Å²) in [5.74, 6) is 1.05. The SMILES string of the molecule is CCC1CN(c2n[nH]c(=S)n2C2CC2)CCN1C. The number of piperazine rings is 1. The summed E-state index contributed by atoms with van der Waals surface area (Å²) in [5, 5.41) is 7.41. The van der Waals surface area contributed by atoms with Crippen LogP contribution in [0.15, 0.2) is 0 Å². The summed E-state index contributed by atoms with van der Waals surface area (Å²) in [5.41, 5.74) is 0. The minimum Gasteiger partial charge on any atom is -0.338 e. The van der Waals surface area contributed by atoms with Crippen molar-refractivity contribution in [1.82, 2.24) is 19.7 Å². The molecular weight excluding hydrogens is 246 g/mol. The second kappa shape index (κ2) is 4.66. The number of likely N-dealkylation sites (N-methyl/N-ethyl adjacent to an activating group) is 1. The van der Waals surface area contributed by atoms with Crippen molar-refractivity contribution in [3.63, 3.8) is 0 Å². The molecule has 2 fully saturated rings. The number of aromatic nitrogens is 3. The Morgan fingerprint density at radius 2 is 2.17 bits per heavy atom. The van der Waals surface area contributed by atoms with Crippen LogP contribution in [0.3, 0.4) is 0 Å². The monoisotopic (exact) mass is 267 g/mol. The van der Waals surface area contributed by atoms with Gasteiger partial charge in [0.05, 0.1) is 0 Å². The molecule has 1 aromatic heterocycles. The first kappa shape index (κ1) is 12.2. The number of anilines is 1. The fourth-order valence-electron chi connectivity index (χ4n) is 2.75. The molecule has 6 heteroatoms. The van der Waals surface area contributed by atoms with Crippen molar-refractivity contribution in [1.29, 1.82) is 0 Å². The first-order valence-electron chi connectivity index (χ1n) is 6.82. The molecule has 3 rings (SSSR count). The Balaban J connectivity index is 1.84. The lowest BCUT2D eigenvalue weighted by Crippen LogP contribution is -2.51. The summed E-state index contributed by atoms with van der Waals surface area (Å²) in [4.78, 5) is 4.83. The molecule has 1 aliphatic heterocycles. The van der Waals surface area contributed by atoms with Gasteiger partial charge in [0.1, 0.15) is 0 Å². The third-order valence-corrected chi connectivity index (χ3v) is 4.42. The van der Waals surface area contributed by atoms with Crippen LogP contribution in [0.1, 0.15) is 32.2 Å². The lowest BCUT2D eigenvalue weighted by atomic mass is 10.1. The summed E-state index contributed by atoms with van der Waals surface area (Å²) >= 11 is 5.35. The molecule has 18 heavy (non-hydrogen) atoms. The minimum atomic E-state index is 0.589. The molecule has 0 spiro atoms. The first-order valence-corrected chi connectivity index (χ1v) is 7.23. The highest BCUT2D eigenvalue weighted by molar-refractivity contribution is 7.71. The number of nitrogens with one attached hydrogen (secondary N) is 1. The molecule has 1 saturated carbocycles. The van der Waals surface area contributed by atoms with E-state index in [1.807, 2.05) is 0 Å². The van der Waals surface area contributed by atoms with Crippen LogP contribution in [-0.2, 0) is 0 Å². The third-order valence-electron chi connectivity index (χ3n) is 4.13. The van der Waals surface area contributed by atoms with E-state index in [0.717, 1.165) is 30.4 Å². The molecule has 1 atom stereocenters. The fourth-order valence-corrected chi connectivity index (χ4v) is 3.03. The maximum Gasteiger partial charge on any atom is 0.226 e. The zero-order chi connectivity index (χ0) is 12.7. The summed E-state index contributed by atoms with van der Waals surface area (Å²) in [6.07, 6.45) is 3.67. The normalized spacial score (nSPS) is 25.7. The van der Waals surface area contributed by atoms with Crippen molar-refractivity contribution in [2.24, 2.45) is 0 Å². The second-order valence-corrected chi connectivity index (χ2v) is 5.81. The Morgan fingerprint density at radius 3 is 2.83 bits per heavy atom. The van der Waals surface area contributed by atoms with Gasteiger partial charge in [-0.3, -0.25) is 9.47 Å². The molecule has 0 aromatic carbocycles. The zero-order valence-electron chi connectivity index (χ0n) is 11.1. The van der Waals surface area contributed by atoms with Crippen molar-refractivity contribution in [2.45, 2.75) is 38.3 Å². The van der Waals surface area contributed by atoms with Crippen molar-refractivity contribution >= 4 is 18.2 Å². The molecule has 1 aromatic rings. The van der Waals surface area contributed by atoms with Crippen LogP contribution >= 0.6 is 12.2 Å². The smallest absolute Gasteiger partial charge is 0.226 e. The summed E-state index contributed by atoms with van der Waals surface area (Å²) in [7, 11) is 2.21. The average molecular weight is 267 g/mol. The van der Waals surface area contributed by atoms with Crippen molar-refractivity contribution in [2.75, 3.05) is 31.6 Å². The lowest BCUT2D eigenvalue weighted by molar-refractivity contribution is 0.211. The zero-order valence-corrected chi connectivity index (χ0v) is 11.9.